The Labute approximate surface area is 171 Å². The molecule has 1 heterocycles. The average Bonchev–Trinajstić information content (AvgIpc) is 3.21. The fraction of sp³-hybridized carbons (Fsp3) is 0.158. The number of amides is 2. The molecule has 0 fully saturated rings. The summed E-state index contributed by atoms with van der Waals surface area (Å²) in [7, 11) is 1.47. The van der Waals surface area contributed by atoms with Crippen LogP contribution in [-0.2, 0) is 11.3 Å². The van der Waals surface area contributed by atoms with Crippen LogP contribution in [0.5, 0.6) is 11.5 Å². The molecule has 1 aromatic heterocycles. The summed E-state index contributed by atoms with van der Waals surface area (Å²) < 4.78 is 12.0. The van der Waals surface area contributed by atoms with Gasteiger partial charge in [0.2, 0.25) is 0 Å². The number of halogens is 1. The molecular formula is C19H18ClN5O4. The number of carbonyl (C=O) groups excluding carboxylic acids is 2. The molecule has 0 saturated heterocycles. The van der Waals surface area contributed by atoms with Crippen molar-refractivity contribution in [2.75, 3.05) is 13.7 Å². The molecule has 0 aliphatic carbocycles. The summed E-state index contributed by atoms with van der Waals surface area (Å²) in [4.78, 5) is 23.2. The lowest BCUT2D eigenvalue weighted by atomic mass is 10.2. The zero-order valence-corrected chi connectivity index (χ0v) is 16.2. The van der Waals surface area contributed by atoms with Crippen LogP contribution >= 0.6 is 11.6 Å². The molecule has 2 amide bonds. The highest BCUT2D eigenvalue weighted by Crippen LogP contribution is 2.28. The molecule has 9 nitrogen and oxygen atoms in total. The molecule has 10 heteroatoms. The van der Waals surface area contributed by atoms with Gasteiger partial charge in [-0.25, -0.2) is 4.68 Å². The minimum atomic E-state index is -0.590. The van der Waals surface area contributed by atoms with Crippen molar-refractivity contribution in [2.45, 2.75) is 6.54 Å². The molecule has 2 aromatic carbocycles. The zero-order valence-electron chi connectivity index (χ0n) is 15.5. The second-order valence-corrected chi connectivity index (χ2v) is 6.33. The van der Waals surface area contributed by atoms with Crippen molar-refractivity contribution < 1.29 is 19.1 Å². The molecule has 150 valence electrons. The maximum absolute atomic E-state index is 12.4. The number of nitrogens with zero attached hydrogens (tertiary/aromatic N) is 3. The number of benzene rings is 2. The number of nitrogens with two attached hydrogens (primary N) is 1. The predicted octanol–water partition coefficient (Wildman–Crippen LogP) is 1.72. The first-order valence-electron chi connectivity index (χ1n) is 8.51. The SMILES string of the molecule is COc1cc(CNC(=O)c2cn(-c3ccccc3Cl)nn2)ccc1OCC(N)=O. The molecule has 0 aliphatic rings. The van der Waals surface area contributed by atoms with E-state index in [0.29, 0.717) is 22.2 Å². The summed E-state index contributed by atoms with van der Waals surface area (Å²) in [6, 6.07) is 12.2. The lowest BCUT2D eigenvalue weighted by molar-refractivity contribution is -0.119. The van der Waals surface area contributed by atoms with E-state index in [0.717, 1.165) is 5.56 Å². The molecular weight excluding hydrogens is 398 g/mol. The fourth-order valence-corrected chi connectivity index (χ4v) is 2.71. The molecule has 0 saturated carbocycles. The molecule has 0 aliphatic heterocycles. The summed E-state index contributed by atoms with van der Waals surface area (Å²) in [5.74, 6) is -0.184. The Kier molecular flexibility index (Phi) is 6.30. The maximum atomic E-state index is 12.4. The van der Waals surface area contributed by atoms with Crippen LogP contribution in [0.2, 0.25) is 5.02 Å². The van der Waals surface area contributed by atoms with Gasteiger partial charge in [0.25, 0.3) is 11.8 Å². The van der Waals surface area contributed by atoms with Gasteiger partial charge in [-0.15, -0.1) is 5.10 Å². The maximum Gasteiger partial charge on any atom is 0.273 e. The average molecular weight is 416 g/mol. The summed E-state index contributed by atoms with van der Waals surface area (Å²) in [6.45, 7) is -0.0300. The Morgan fingerprint density at radius 3 is 2.72 bits per heavy atom. The first-order chi connectivity index (χ1) is 14.0. The molecule has 0 unspecified atom stereocenters. The van der Waals surface area contributed by atoms with Crippen LogP contribution in [0, 0.1) is 0 Å². The Morgan fingerprint density at radius 2 is 2.00 bits per heavy atom. The van der Waals surface area contributed by atoms with Gasteiger partial charge in [0.1, 0.15) is 0 Å². The standard InChI is InChI=1S/C19H18ClN5O4/c1-28-17-8-12(6-7-16(17)29-11-18(21)26)9-22-19(27)14-10-25(24-23-14)15-5-3-2-4-13(15)20/h2-8,10H,9,11H2,1H3,(H2,21,26)(H,22,27). The number of primary amides is 1. The third kappa shape index (κ3) is 5.02. The number of hydrogen-bond acceptors (Lipinski definition) is 6. The number of aromatic nitrogens is 3. The molecule has 0 radical (unpaired) electrons. The number of hydrogen-bond donors (Lipinski definition) is 2. The van der Waals surface area contributed by atoms with Gasteiger partial charge in [-0.3, -0.25) is 9.59 Å². The monoisotopic (exact) mass is 415 g/mol. The number of methoxy groups -OCH3 is 1. The Bertz CT molecular complexity index is 1040. The molecule has 0 atom stereocenters. The third-order valence-electron chi connectivity index (χ3n) is 3.88. The van der Waals surface area contributed by atoms with E-state index in [1.165, 1.54) is 18.0 Å². The second-order valence-electron chi connectivity index (χ2n) is 5.92. The second kappa shape index (κ2) is 9.07. The van der Waals surface area contributed by atoms with Crippen molar-refractivity contribution in [2.24, 2.45) is 5.73 Å². The van der Waals surface area contributed by atoms with Gasteiger partial charge >= 0.3 is 0 Å². The minimum Gasteiger partial charge on any atom is -0.493 e. The first kappa shape index (κ1) is 20.2. The van der Waals surface area contributed by atoms with Gasteiger partial charge in [0, 0.05) is 6.54 Å². The van der Waals surface area contributed by atoms with Gasteiger partial charge in [-0.05, 0) is 29.8 Å². The highest BCUT2D eigenvalue weighted by Gasteiger charge is 2.13. The van der Waals surface area contributed by atoms with E-state index in [1.807, 2.05) is 6.07 Å². The van der Waals surface area contributed by atoms with Crippen molar-refractivity contribution >= 4 is 23.4 Å². The lowest BCUT2D eigenvalue weighted by Gasteiger charge is -2.11. The van der Waals surface area contributed by atoms with E-state index in [2.05, 4.69) is 15.6 Å². The van der Waals surface area contributed by atoms with Crippen molar-refractivity contribution in [1.29, 1.82) is 0 Å². The minimum absolute atomic E-state index is 0.151. The molecule has 0 spiro atoms. The van der Waals surface area contributed by atoms with Crippen molar-refractivity contribution in [1.82, 2.24) is 20.3 Å². The number of nitrogens with one attached hydrogen (secondary N) is 1. The van der Waals surface area contributed by atoms with E-state index in [9.17, 15) is 9.59 Å². The van der Waals surface area contributed by atoms with Crippen LogP contribution in [0.3, 0.4) is 0 Å². The molecule has 29 heavy (non-hydrogen) atoms. The van der Waals surface area contributed by atoms with Gasteiger partial charge in [0.05, 0.1) is 24.0 Å². The molecule has 3 N–H and O–H groups in total. The van der Waals surface area contributed by atoms with E-state index >= 15 is 0 Å². The smallest absolute Gasteiger partial charge is 0.273 e. The number of ether oxygens (including phenoxy) is 2. The third-order valence-corrected chi connectivity index (χ3v) is 4.20. The fourth-order valence-electron chi connectivity index (χ4n) is 2.49. The van der Waals surface area contributed by atoms with Gasteiger partial charge < -0.3 is 20.5 Å². The van der Waals surface area contributed by atoms with Gasteiger partial charge in [-0.2, -0.15) is 0 Å². The van der Waals surface area contributed by atoms with Crippen LogP contribution in [0.4, 0.5) is 0 Å². The first-order valence-corrected chi connectivity index (χ1v) is 8.89. The number of carbonyl (C=O) groups is 2. The normalized spacial score (nSPS) is 10.4. The van der Waals surface area contributed by atoms with Crippen molar-refractivity contribution in [3.8, 4) is 17.2 Å². The van der Waals surface area contributed by atoms with Crippen LogP contribution in [0.1, 0.15) is 16.1 Å². The topological polar surface area (TPSA) is 121 Å². The number of rotatable bonds is 8. The van der Waals surface area contributed by atoms with E-state index in [1.54, 1.807) is 36.4 Å². The van der Waals surface area contributed by atoms with Crippen molar-refractivity contribution in [3.63, 3.8) is 0 Å². The summed E-state index contributed by atoms with van der Waals surface area (Å²) in [5.41, 5.74) is 6.61. The van der Waals surface area contributed by atoms with Gasteiger partial charge in [-0.1, -0.05) is 35.0 Å². The highest BCUT2D eigenvalue weighted by molar-refractivity contribution is 6.32. The quantitative estimate of drug-likeness (QED) is 0.577. The summed E-state index contributed by atoms with van der Waals surface area (Å²) >= 11 is 6.13. The lowest BCUT2D eigenvalue weighted by Crippen LogP contribution is -2.23. The summed E-state index contributed by atoms with van der Waals surface area (Å²) in [6.07, 6.45) is 1.50. The molecule has 0 bridgehead atoms. The van der Waals surface area contributed by atoms with Crippen molar-refractivity contribution in [3.05, 3.63) is 64.9 Å². The Hall–Kier alpha value is -3.59. The molecule has 3 rings (SSSR count). The van der Waals surface area contributed by atoms with E-state index in [-0.39, 0.29) is 18.8 Å². The predicted molar refractivity (Wildman–Crippen MR) is 105 cm³/mol. The van der Waals surface area contributed by atoms with Crippen LogP contribution in [-0.4, -0.2) is 40.5 Å². The zero-order chi connectivity index (χ0) is 20.8. The van der Waals surface area contributed by atoms with Crippen LogP contribution < -0.4 is 20.5 Å². The summed E-state index contributed by atoms with van der Waals surface area (Å²) in [5, 5.41) is 11.1. The van der Waals surface area contributed by atoms with E-state index < -0.39 is 11.8 Å². The molecule has 3 aromatic rings. The largest absolute Gasteiger partial charge is 0.493 e. The Morgan fingerprint density at radius 1 is 1.21 bits per heavy atom. The Balaban J connectivity index is 1.65. The van der Waals surface area contributed by atoms with Crippen LogP contribution in [0.15, 0.2) is 48.7 Å². The number of para-hydroxylation sites is 1. The highest BCUT2D eigenvalue weighted by atomic mass is 35.5. The van der Waals surface area contributed by atoms with Gasteiger partial charge in [0.15, 0.2) is 23.8 Å². The van der Waals surface area contributed by atoms with E-state index in [4.69, 9.17) is 26.8 Å². The van der Waals surface area contributed by atoms with Crippen LogP contribution in [0.25, 0.3) is 5.69 Å².